The number of ether oxygens (including phenoxy) is 1. The maximum Gasteiger partial charge on any atom is 0.433 e. The van der Waals surface area contributed by atoms with Crippen LogP contribution in [0.25, 0.3) is 0 Å². The second-order valence-corrected chi connectivity index (χ2v) is 5.22. The van der Waals surface area contributed by atoms with Crippen LogP contribution in [0.15, 0.2) is 6.07 Å². The van der Waals surface area contributed by atoms with Crippen molar-refractivity contribution in [3.05, 3.63) is 11.8 Å². The molecule has 0 radical (unpaired) electrons. The standard InChI is InChI=1S/C11H17F3N4O/c1-10(2,3)4-5-19-8-6-7(11(12,13)14)16-9(17-8)18-15/h6H,4-5,15H2,1-3H3,(H,16,17,18). The van der Waals surface area contributed by atoms with Crippen molar-refractivity contribution in [3.8, 4) is 5.88 Å². The van der Waals surface area contributed by atoms with Gasteiger partial charge in [0.2, 0.25) is 11.8 Å². The largest absolute Gasteiger partial charge is 0.478 e. The summed E-state index contributed by atoms with van der Waals surface area (Å²) in [6, 6.07) is 0.753. The minimum atomic E-state index is -4.57. The van der Waals surface area contributed by atoms with Crippen molar-refractivity contribution < 1.29 is 17.9 Å². The Hall–Kier alpha value is -1.57. The molecule has 108 valence electrons. The van der Waals surface area contributed by atoms with Gasteiger partial charge in [-0.25, -0.2) is 10.8 Å². The molecule has 0 saturated carbocycles. The molecule has 0 spiro atoms. The first-order valence-corrected chi connectivity index (χ1v) is 5.67. The lowest BCUT2D eigenvalue weighted by atomic mass is 9.93. The van der Waals surface area contributed by atoms with Gasteiger partial charge in [-0.15, -0.1) is 0 Å². The molecule has 5 nitrogen and oxygen atoms in total. The highest BCUT2D eigenvalue weighted by atomic mass is 19.4. The van der Waals surface area contributed by atoms with Crippen LogP contribution in [0.3, 0.4) is 0 Å². The van der Waals surface area contributed by atoms with Crippen LogP contribution in [-0.4, -0.2) is 16.6 Å². The van der Waals surface area contributed by atoms with Gasteiger partial charge in [-0.3, -0.25) is 5.43 Å². The first kappa shape index (κ1) is 15.5. The molecule has 0 aromatic carbocycles. The lowest BCUT2D eigenvalue weighted by molar-refractivity contribution is -0.141. The maximum absolute atomic E-state index is 12.6. The number of halogens is 3. The molecular formula is C11H17F3N4O. The monoisotopic (exact) mass is 278 g/mol. The minimum absolute atomic E-state index is 0.0227. The number of nitrogens with one attached hydrogen (secondary N) is 1. The van der Waals surface area contributed by atoms with Gasteiger partial charge in [0.1, 0.15) is 0 Å². The highest BCUT2D eigenvalue weighted by Crippen LogP contribution is 2.30. The molecule has 0 saturated heterocycles. The molecule has 0 amide bonds. The van der Waals surface area contributed by atoms with Gasteiger partial charge in [-0.1, -0.05) is 20.8 Å². The highest BCUT2D eigenvalue weighted by molar-refractivity contribution is 5.30. The Morgan fingerprint density at radius 2 is 1.89 bits per heavy atom. The fourth-order valence-electron chi connectivity index (χ4n) is 1.17. The molecule has 0 aliphatic rings. The highest BCUT2D eigenvalue weighted by Gasteiger charge is 2.34. The molecule has 0 aliphatic heterocycles. The summed E-state index contributed by atoms with van der Waals surface area (Å²) in [5, 5.41) is 0. The summed E-state index contributed by atoms with van der Waals surface area (Å²) in [4.78, 5) is 6.94. The van der Waals surface area contributed by atoms with E-state index in [1.165, 1.54) is 0 Å². The van der Waals surface area contributed by atoms with Gasteiger partial charge in [0, 0.05) is 6.07 Å². The van der Waals surface area contributed by atoms with Crippen molar-refractivity contribution in [2.24, 2.45) is 11.3 Å². The molecular weight excluding hydrogens is 261 g/mol. The summed E-state index contributed by atoms with van der Waals surface area (Å²) in [5.74, 6) is 4.54. The van der Waals surface area contributed by atoms with Crippen LogP contribution >= 0.6 is 0 Å². The van der Waals surface area contributed by atoms with E-state index in [1.807, 2.05) is 26.2 Å². The number of hydrogen-bond donors (Lipinski definition) is 2. The molecule has 3 N–H and O–H groups in total. The van der Waals surface area contributed by atoms with Gasteiger partial charge < -0.3 is 4.74 Å². The molecule has 0 aliphatic carbocycles. The van der Waals surface area contributed by atoms with E-state index < -0.39 is 11.9 Å². The molecule has 19 heavy (non-hydrogen) atoms. The Bertz CT molecular complexity index is 429. The van der Waals surface area contributed by atoms with E-state index in [4.69, 9.17) is 10.6 Å². The zero-order valence-electron chi connectivity index (χ0n) is 11.0. The quantitative estimate of drug-likeness (QED) is 0.654. The summed E-state index contributed by atoms with van der Waals surface area (Å²) in [6.45, 7) is 6.28. The lowest BCUT2D eigenvalue weighted by Crippen LogP contribution is -2.17. The fraction of sp³-hybridized carbons (Fsp3) is 0.636. The fourth-order valence-corrected chi connectivity index (χ4v) is 1.17. The third kappa shape index (κ3) is 5.29. The maximum atomic E-state index is 12.6. The average molecular weight is 278 g/mol. The number of hydrazine groups is 1. The molecule has 0 unspecified atom stereocenters. The molecule has 0 fully saturated rings. The van der Waals surface area contributed by atoms with E-state index in [0.29, 0.717) is 6.42 Å². The topological polar surface area (TPSA) is 73.1 Å². The van der Waals surface area contributed by atoms with E-state index in [9.17, 15) is 13.2 Å². The van der Waals surface area contributed by atoms with E-state index >= 15 is 0 Å². The Balaban J connectivity index is 2.83. The first-order valence-electron chi connectivity index (χ1n) is 5.67. The van der Waals surface area contributed by atoms with E-state index in [0.717, 1.165) is 6.07 Å². The van der Waals surface area contributed by atoms with Gasteiger partial charge in [0.15, 0.2) is 5.69 Å². The molecule has 0 atom stereocenters. The van der Waals surface area contributed by atoms with E-state index in [1.54, 1.807) is 0 Å². The molecule has 1 rings (SSSR count). The Morgan fingerprint density at radius 3 is 2.37 bits per heavy atom. The van der Waals surface area contributed by atoms with Crippen molar-refractivity contribution in [1.29, 1.82) is 0 Å². The van der Waals surface area contributed by atoms with Gasteiger partial charge >= 0.3 is 6.18 Å². The summed E-state index contributed by atoms with van der Waals surface area (Å²) in [6.07, 6.45) is -3.89. The van der Waals surface area contributed by atoms with Crippen molar-refractivity contribution in [1.82, 2.24) is 9.97 Å². The number of anilines is 1. The molecule has 0 bridgehead atoms. The second-order valence-electron chi connectivity index (χ2n) is 5.22. The summed E-state index contributed by atoms with van der Waals surface area (Å²) in [5.41, 5.74) is 0.911. The second kappa shape index (κ2) is 5.60. The molecule has 8 heteroatoms. The molecule has 1 heterocycles. The Kier molecular flexibility index (Phi) is 4.56. The summed E-state index contributed by atoms with van der Waals surface area (Å²) < 4.78 is 43.0. The molecule has 1 aromatic heterocycles. The Labute approximate surface area is 109 Å². The average Bonchev–Trinajstić information content (AvgIpc) is 2.25. The van der Waals surface area contributed by atoms with Crippen LogP contribution in [0.1, 0.15) is 32.9 Å². The van der Waals surface area contributed by atoms with Crippen LogP contribution in [0.2, 0.25) is 0 Å². The molecule has 1 aromatic rings. The van der Waals surface area contributed by atoms with Gasteiger partial charge in [0.25, 0.3) is 0 Å². The SMILES string of the molecule is CC(C)(C)CCOc1cc(C(F)(F)F)nc(NN)n1. The van der Waals surface area contributed by atoms with Crippen LogP contribution in [0, 0.1) is 5.41 Å². The number of aromatic nitrogens is 2. The zero-order valence-corrected chi connectivity index (χ0v) is 11.0. The Morgan fingerprint density at radius 1 is 1.26 bits per heavy atom. The predicted octanol–water partition coefficient (Wildman–Crippen LogP) is 2.60. The van der Waals surface area contributed by atoms with Crippen LogP contribution < -0.4 is 16.0 Å². The van der Waals surface area contributed by atoms with Crippen molar-refractivity contribution in [2.45, 2.75) is 33.4 Å². The number of nitrogens with zero attached hydrogens (tertiary/aromatic N) is 2. The summed E-state index contributed by atoms with van der Waals surface area (Å²) >= 11 is 0. The zero-order chi connectivity index (χ0) is 14.7. The number of rotatable bonds is 4. The van der Waals surface area contributed by atoms with Crippen molar-refractivity contribution in [2.75, 3.05) is 12.0 Å². The number of nitrogen functional groups attached to an aromatic ring is 1. The number of hydrogen-bond acceptors (Lipinski definition) is 5. The van der Waals surface area contributed by atoms with Gasteiger partial charge in [-0.05, 0) is 11.8 Å². The normalized spacial score (nSPS) is 12.4. The van der Waals surface area contributed by atoms with Crippen molar-refractivity contribution >= 4 is 5.95 Å². The predicted molar refractivity (Wildman–Crippen MR) is 64.4 cm³/mol. The van der Waals surface area contributed by atoms with E-state index in [-0.39, 0.29) is 23.9 Å². The lowest BCUT2D eigenvalue weighted by Gasteiger charge is -2.18. The minimum Gasteiger partial charge on any atom is -0.478 e. The van der Waals surface area contributed by atoms with Crippen molar-refractivity contribution in [3.63, 3.8) is 0 Å². The van der Waals surface area contributed by atoms with Crippen LogP contribution in [-0.2, 0) is 6.18 Å². The van der Waals surface area contributed by atoms with Crippen LogP contribution in [0.5, 0.6) is 5.88 Å². The van der Waals surface area contributed by atoms with Crippen LogP contribution in [0.4, 0.5) is 19.1 Å². The third-order valence-corrected chi connectivity index (χ3v) is 2.22. The summed E-state index contributed by atoms with van der Waals surface area (Å²) in [7, 11) is 0. The third-order valence-electron chi connectivity index (χ3n) is 2.22. The smallest absolute Gasteiger partial charge is 0.433 e. The number of alkyl halides is 3. The van der Waals surface area contributed by atoms with E-state index in [2.05, 4.69) is 9.97 Å². The van der Waals surface area contributed by atoms with Gasteiger partial charge in [-0.2, -0.15) is 18.2 Å². The first-order chi connectivity index (χ1) is 8.62. The number of nitrogens with two attached hydrogens (primary N) is 1. The van der Waals surface area contributed by atoms with Gasteiger partial charge in [0.05, 0.1) is 6.61 Å².